The normalized spacial score (nSPS) is 12.0. The van der Waals surface area contributed by atoms with Gasteiger partial charge in [0.2, 0.25) is 0 Å². The highest BCUT2D eigenvalue weighted by atomic mass is 35.5. The Hall–Kier alpha value is -3.14. The van der Waals surface area contributed by atoms with Crippen LogP contribution >= 0.6 is 11.6 Å². The van der Waals surface area contributed by atoms with E-state index in [1.807, 2.05) is 6.07 Å². The molecule has 32 heavy (non-hydrogen) atoms. The van der Waals surface area contributed by atoms with Crippen molar-refractivity contribution >= 4 is 29.4 Å². The molecule has 0 aliphatic heterocycles. The van der Waals surface area contributed by atoms with E-state index in [0.717, 1.165) is 5.56 Å². The molecule has 0 aliphatic rings. The van der Waals surface area contributed by atoms with E-state index in [0.29, 0.717) is 22.9 Å². The molecule has 174 valence electrons. The first-order valence-electron chi connectivity index (χ1n) is 9.58. The monoisotopic (exact) mass is 474 g/mol. The van der Waals surface area contributed by atoms with Gasteiger partial charge in [-0.05, 0) is 30.2 Å². The van der Waals surface area contributed by atoms with Crippen molar-refractivity contribution in [2.75, 3.05) is 25.5 Å². The molecule has 0 saturated carbocycles. The summed E-state index contributed by atoms with van der Waals surface area (Å²) in [5.74, 6) is -1.83. The predicted molar refractivity (Wildman–Crippen MR) is 111 cm³/mol. The van der Waals surface area contributed by atoms with Crippen molar-refractivity contribution in [3.05, 3.63) is 59.1 Å². The van der Waals surface area contributed by atoms with Gasteiger partial charge in [0.15, 0.2) is 0 Å². The molecular formula is C21H22ClF3N2O5. The Morgan fingerprint density at radius 3 is 2.47 bits per heavy atom. The number of benzene rings is 2. The molecule has 0 aromatic heterocycles. The fourth-order valence-corrected chi connectivity index (χ4v) is 2.75. The van der Waals surface area contributed by atoms with Gasteiger partial charge in [0.1, 0.15) is 11.9 Å². The summed E-state index contributed by atoms with van der Waals surface area (Å²) in [5.41, 5.74) is 6.96. The molecule has 2 aromatic carbocycles. The number of nitrogens with two attached hydrogens (primary N) is 1. The van der Waals surface area contributed by atoms with E-state index in [2.05, 4.69) is 10.1 Å². The third kappa shape index (κ3) is 8.54. The maximum atomic E-state index is 12.1. The van der Waals surface area contributed by atoms with Crippen LogP contribution in [-0.4, -0.2) is 38.0 Å². The largest absolute Gasteiger partial charge is 0.491 e. The molecule has 0 aliphatic carbocycles. The molecular weight excluding hydrogens is 453 g/mol. The van der Waals surface area contributed by atoms with Gasteiger partial charge in [-0.25, -0.2) is 9.59 Å². The molecule has 0 spiro atoms. The first-order chi connectivity index (χ1) is 15.2. The number of anilines is 1. The molecule has 0 bridgehead atoms. The number of nitrogen functional groups attached to an aromatic ring is 1. The van der Waals surface area contributed by atoms with Gasteiger partial charge in [-0.2, -0.15) is 13.2 Å². The highest BCUT2D eigenvalue weighted by Crippen LogP contribution is 2.27. The molecule has 2 aromatic rings. The zero-order valence-electron chi connectivity index (χ0n) is 16.9. The number of carbonyl (C=O) groups excluding carboxylic acids is 2. The molecule has 1 unspecified atom stereocenters. The minimum Gasteiger partial charge on any atom is -0.491 e. The molecule has 3 N–H and O–H groups in total. The van der Waals surface area contributed by atoms with Gasteiger partial charge in [0.25, 0.3) is 0 Å². The van der Waals surface area contributed by atoms with Crippen LogP contribution in [0.15, 0.2) is 48.5 Å². The molecule has 0 fully saturated rings. The number of hydrogen-bond acceptors (Lipinski definition) is 6. The lowest BCUT2D eigenvalue weighted by atomic mass is 10.1. The number of halogens is 4. The summed E-state index contributed by atoms with van der Waals surface area (Å²) < 4.78 is 51.3. The van der Waals surface area contributed by atoms with Crippen molar-refractivity contribution in [2.24, 2.45) is 0 Å². The Morgan fingerprint density at radius 1 is 1.09 bits per heavy atom. The van der Waals surface area contributed by atoms with Crippen molar-refractivity contribution in [3.63, 3.8) is 0 Å². The van der Waals surface area contributed by atoms with Crippen LogP contribution in [0, 0.1) is 0 Å². The number of carbonyl (C=O) groups is 2. The van der Waals surface area contributed by atoms with Gasteiger partial charge in [-0.15, -0.1) is 0 Å². The predicted octanol–water partition coefficient (Wildman–Crippen LogP) is 4.65. The fourth-order valence-electron chi connectivity index (χ4n) is 2.57. The highest BCUT2D eigenvalue weighted by Gasteiger charge is 2.40. The van der Waals surface area contributed by atoms with Crippen molar-refractivity contribution < 1.29 is 37.0 Å². The number of esters is 1. The van der Waals surface area contributed by atoms with Gasteiger partial charge >= 0.3 is 18.2 Å². The zero-order valence-corrected chi connectivity index (χ0v) is 17.6. The molecule has 1 amide bonds. The van der Waals surface area contributed by atoms with E-state index in [-0.39, 0.29) is 19.6 Å². The van der Waals surface area contributed by atoms with Gasteiger partial charge in [-0.1, -0.05) is 41.9 Å². The van der Waals surface area contributed by atoms with Gasteiger partial charge in [0, 0.05) is 18.0 Å². The molecule has 11 heteroatoms. The summed E-state index contributed by atoms with van der Waals surface area (Å²) in [6.45, 7) is -0.341. The number of rotatable bonds is 10. The summed E-state index contributed by atoms with van der Waals surface area (Å²) in [6.07, 6.45) is -6.16. The third-order valence-corrected chi connectivity index (χ3v) is 4.32. The number of alkyl carbamates (subject to hydrolysis) is 1. The lowest BCUT2D eigenvalue weighted by Crippen LogP contribution is -2.29. The van der Waals surface area contributed by atoms with Crippen LogP contribution in [0.2, 0.25) is 5.02 Å². The van der Waals surface area contributed by atoms with Crippen molar-refractivity contribution in [3.8, 4) is 5.75 Å². The van der Waals surface area contributed by atoms with Crippen LogP contribution < -0.4 is 15.8 Å². The SMILES string of the molecule is Nc1cc(Cl)ccc1OCCC(OC(=O)NCCCOC(=O)C(F)(F)F)c1ccccc1. The number of amides is 1. The van der Waals surface area contributed by atoms with Gasteiger partial charge < -0.3 is 25.3 Å². The lowest BCUT2D eigenvalue weighted by Gasteiger charge is -2.19. The second kappa shape index (κ2) is 12.0. The fraction of sp³-hybridized carbons (Fsp3) is 0.333. The van der Waals surface area contributed by atoms with Gasteiger partial charge in [0.05, 0.1) is 18.9 Å². The Bertz CT molecular complexity index is 897. The van der Waals surface area contributed by atoms with Crippen LogP contribution in [0.5, 0.6) is 5.75 Å². The Kier molecular flexibility index (Phi) is 9.45. The first kappa shape index (κ1) is 25.1. The number of ether oxygens (including phenoxy) is 3. The molecule has 7 nitrogen and oxygen atoms in total. The zero-order chi connectivity index (χ0) is 23.6. The summed E-state index contributed by atoms with van der Waals surface area (Å²) in [7, 11) is 0. The van der Waals surface area contributed by atoms with E-state index in [9.17, 15) is 22.8 Å². The van der Waals surface area contributed by atoms with Crippen LogP contribution in [-0.2, 0) is 14.3 Å². The second-order valence-electron chi connectivity index (χ2n) is 6.54. The molecule has 2 rings (SSSR count). The van der Waals surface area contributed by atoms with E-state index in [1.54, 1.807) is 42.5 Å². The summed E-state index contributed by atoms with van der Waals surface area (Å²) in [5, 5.41) is 2.89. The Labute approximate surface area is 187 Å². The van der Waals surface area contributed by atoms with E-state index >= 15 is 0 Å². The smallest absolute Gasteiger partial charge is 0.490 e. The molecule has 0 heterocycles. The number of hydrogen-bond donors (Lipinski definition) is 2. The number of nitrogens with one attached hydrogen (secondary N) is 1. The van der Waals surface area contributed by atoms with Gasteiger partial charge in [-0.3, -0.25) is 0 Å². The van der Waals surface area contributed by atoms with Crippen LogP contribution in [0.25, 0.3) is 0 Å². The van der Waals surface area contributed by atoms with Crippen molar-refractivity contribution in [1.29, 1.82) is 0 Å². The summed E-state index contributed by atoms with van der Waals surface area (Å²) >= 11 is 5.86. The standard InChI is InChI=1S/C21H22ClF3N2O5/c22-15-7-8-18(16(26)13-15)30-12-9-17(14-5-2-1-3-6-14)32-20(29)27-10-4-11-31-19(28)21(23,24)25/h1-3,5-8,13,17H,4,9-12,26H2,(H,27,29). The maximum absolute atomic E-state index is 12.1. The van der Waals surface area contributed by atoms with E-state index < -0.39 is 30.9 Å². The Balaban J connectivity index is 1.82. The number of alkyl halides is 3. The highest BCUT2D eigenvalue weighted by molar-refractivity contribution is 6.30. The topological polar surface area (TPSA) is 99.9 Å². The lowest BCUT2D eigenvalue weighted by molar-refractivity contribution is -0.199. The maximum Gasteiger partial charge on any atom is 0.490 e. The summed E-state index contributed by atoms with van der Waals surface area (Å²) in [4.78, 5) is 22.7. The van der Waals surface area contributed by atoms with E-state index in [1.165, 1.54) is 0 Å². The Morgan fingerprint density at radius 2 is 1.81 bits per heavy atom. The minimum atomic E-state index is -5.05. The van der Waals surface area contributed by atoms with E-state index in [4.69, 9.17) is 26.8 Å². The average Bonchev–Trinajstić information content (AvgIpc) is 2.74. The quantitative estimate of drug-likeness (QED) is 0.295. The molecule has 0 saturated heterocycles. The molecule has 0 radical (unpaired) electrons. The molecule has 1 atom stereocenters. The van der Waals surface area contributed by atoms with Crippen molar-refractivity contribution in [1.82, 2.24) is 5.32 Å². The van der Waals surface area contributed by atoms with Crippen molar-refractivity contribution in [2.45, 2.75) is 25.1 Å². The van der Waals surface area contributed by atoms with Crippen LogP contribution in [0.1, 0.15) is 24.5 Å². The third-order valence-electron chi connectivity index (χ3n) is 4.09. The second-order valence-corrected chi connectivity index (χ2v) is 6.97. The first-order valence-corrected chi connectivity index (χ1v) is 9.96. The van der Waals surface area contributed by atoms with Crippen LogP contribution in [0.4, 0.5) is 23.7 Å². The average molecular weight is 475 g/mol. The summed E-state index contributed by atoms with van der Waals surface area (Å²) in [6, 6.07) is 13.8. The minimum absolute atomic E-state index is 0.00806. The van der Waals surface area contributed by atoms with Crippen LogP contribution in [0.3, 0.4) is 0 Å².